The van der Waals surface area contributed by atoms with Crippen LogP contribution in [-0.4, -0.2) is 24.6 Å². The van der Waals surface area contributed by atoms with E-state index < -0.39 is 6.29 Å². The van der Waals surface area contributed by atoms with Crippen molar-refractivity contribution in [1.29, 1.82) is 0 Å². The minimum absolute atomic E-state index is 0.131. The molecule has 0 aliphatic carbocycles. The average molecular weight is 206 g/mol. The summed E-state index contributed by atoms with van der Waals surface area (Å²) >= 11 is 0. The highest BCUT2D eigenvalue weighted by molar-refractivity contribution is 5.74. The van der Waals surface area contributed by atoms with E-state index in [0.717, 1.165) is 16.9 Å². The first-order chi connectivity index (χ1) is 7.33. The molecule has 1 heterocycles. The molecule has 0 saturated heterocycles. The summed E-state index contributed by atoms with van der Waals surface area (Å²) in [4.78, 5) is 0. The van der Waals surface area contributed by atoms with Crippen LogP contribution in [0, 0.1) is 0 Å². The molecule has 3 nitrogen and oxygen atoms in total. The van der Waals surface area contributed by atoms with Crippen molar-refractivity contribution in [3.8, 4) is 5.75 Å². The average Bonchev–Trinajstić information content (AvgIpc) is 2.57. The van der Waals surface area contributed by atoms with E-state index in [2.05, 4.69) is 6.58 Å². The summed E-state index contributed by atoms with van der Waals surface area (Å²) in [5.74, 6) is 0.816. The van der Waals surface area contributed by atoms with E-state index in [1.165, 1.54) is 0 Å². The van der Waals surface area contributed by atoms with E-state index >= 15 is 0 Å². The van der Waals surface area contributed by atoms with E-state index in [1.807, 2.05) is 24.3 Å². The summed E-state index contributed by atoms with van der Waals surface area (Å²) < 4.78 is 11.0. The number of ether oxygens (including phenoxy) is 2. The van der Waals surface area contributed by atoms with Crippen molar-refractivity contribution >= 4 is 5.57 Å². The van der Waals surface area contributed by atoms with Crippen LogP contribution in [0.25, 0.3) is 5.57 Å². The van der Waals surface area contributed by atoms with E-state index in [-0.39, 0.29) is 6.61 Å². The van der Waals surface area contributed by atoms with Gasteiger partial charge in [0.05, 0.1) is 6.61 Å². The van der Waals surface area contributed by atoms with Crippen molar-refractivity contribution in [1.82, 2.24) is 0 Å². The maximum absolute atomic E-state index is 8.64. The van der Waals surface area contributed by atoms with E-state index in [4.69, 9.17) is 14.6 Å². The van der Waals surface area contributed by atoms with Crippen molar-refractivity contribution in [2.24, 2.45) is 0 Å². The second kappa shape index (κ2) is 4.47. The standard InChI is InChI=1S/C12H14O3/c1-9-10-5-2-3-6-11(10)15-12(9)14-8-4-7-13/h2-3,5-6,12-13H,1,4,7-8H2. The maximum Gasteiger partial charge on any atom is 0.226 e. The van der Waals surface area contributed by atoms with Crippen LogP contribution in [0.2, 0.25) is 0 Å². The molecule has 0 bridgehead atoms. The smallest absolute Gasteiger partial charge is 0.226 e. The van der Waals surface area contributed by atoms with Crippen LogP contribution in [0.3, 0.4) is 0 Å². The van der Waals surface area contributed by atoms with Crippen LogP contribution in [0.5, 0.6) is 5.75 Å². The number of hydrogen-bond donors (Lipinski definition) is 1. The Bertz CT molecular complexity index is 360. The van der Waals surface area contributed by atoms with Gasteiger partial charge in [0.15, 0.2) is 0 Å². The van der Waals surface area contributed by atoms with Gasteiger partial charge in [-0.2, -0.15) is 0 Å². The Kier molecular flexibility index (Phi) is 3.04. The molecule has 0 fully saturated rings. The Morgan fingerprint density at radius 1 is 1.40 bits per heavy atom. The molecule has 0 aromatic heterocycles. The number of aliphatic hydroxyl groups is 1. The lowest BCUT2D eigenvalue weighted by atomic mass is 10.1. The molecular formula is C12H14O3. The van der Waals surface area contributed by atoms with Gasteiger partial charge in [-0.05, 0) is 12.5 Å². The summed E-state index contributed by atoms with van der Waals surface area (Å²) in [5, 5.41) is 8.64. The lowest BCUT2D eigenvalue weighted by Gasteiger charge is -2.12. The first kappa shape index (κ1) is 10.2. The second-order valence-corrected chi connectivity index (χ2v) is 3.42. The minimum Gasteiger partial charge on any atom is -0.460 e. The zero-order valence-corrected chi connectivity index (χ0v) is 8.48. The number of hydrogen-bond acceptors (Lipinski definition) is 3. The Morgan fingerprint density at radius 2 is 2.20 bits per heavy atom. The predicted octanol–water partition coefficient (Wildman–Crippen LogP) is 1.82. The topological polar surface area (TPSA) is 38.7 Å². The summed E-state index contributed by atoms with van der Waals surface area (Å²) in [5.41, 5.74) is 1.86. The molecule has 80 valence electrons. The highest BCUT2D eigenvalue weighted by Crippen LogP contribution is 2.36. The number of fused-ring (bicyclic) bond motifs is 1. The van der Waals surface area contributed by atoms with Crippen LogP contribution in [0.1, 0.15) is 12.0 Å². The SMILES string of the molecule is C=C1c2ccccc2OC1OCCCO. The normalized spacial score (nSPS) is 18.7. The molecule has 0 amide bonds. The van der Waals surface area contributed by atoms with Gasteiger partial charge in [-0.15, -0.1) is 0 Å². The monoisotopic (exact) mass is 206 g/mol. The molecule has 1 unspecified atom stereocenters. The van der Waals surface area contributed by atoms with Crippen LogP contribution in [0.4, 0.5) is 0 Å². The van der Waals surface area contributed by atoms with Crippen molar-refractivity contribution in [3.05, 3.63) is 36.4 Å². The Labute approximate surface area is 88.9 Å². The lowest BCUT2D eigenvalue weighted by Crippen LogP contribution is -2.17. The zero-order valence-electron chi connectivity index (χ0n) is 8.48. The summed E-state index contributed by atoms with van der Waals surface area (Å²) in [6.45, 7) is 4.55. The highest BCUT2D eigenvalue weighted by atomic mass is 16.7. The van der Waals surface area contributed by atoms with Gasteiger partial charge in [0.1, 0.15) is 5.75 Å². The summed E-state index contributed by atoms with van der Waals surface area (Å²) in [6, 6.07) is 7.73. The van der Waals surface area contributed by atoms with Crippen LogP contribution < -0.4 is 4.74 Å². The Morgan fingerprint density at radius 3 is 2.93 bits per heavy atom. The summed E-state index contributed by atoms with van der Waals surface area (Å²) in [6.07, 6.45) is 0.220. The molecule has 3 heteroatoms. The zero-order chi connectivity index (χ0) is 10.7. The molecule has 1 aliphatic heterocycles. The van der Waals surface area contributed by atoms with Crippen LogP contribution >= 0.6 is 0 Å². The predicted molar refractivity (Wildman–Crippen MR) is 57.5 cm³/mol. The van der Waals surface area contributed by atoms with E-state index in [1.54, 1.807) is 0 Å². The lowest BCUT2D eigenvalue weighted by molar-refractivity contribution is -0.0345. The second-order valence-electron chi connectivity index (χ2n) is 3.42. The van der Waals surface area contributed by atoms with E-state index in [9.17, 15) is 0 Å². The maximum atomic E-state index is 8.64. The van der Waals surface area contributed by atoms with Crippen LogP contribution in [0.15, 0.2) is 30.8 Å². The van der Waals surface area contributed by atoms with Crippen molar-refractivity contribution in [2.75, 3.05) is 13.2 Å². The van der Waals surface area contributed by atoms with Gasteiger partial charge in [0.25, 0.3) is 0 Å². The molecule has 1 aromatic rings. The fraction of sp³-hybridized carbons (Fsp3) is 0.333. The first-order valence-corrected chi connectivity index (χ1v) is 5.00. The fourth-order valence-corrected chi connectivity index (χ4v) is 1.54. The third-order valence-corrected chi connectivity index (χ3v) is 2.32. The molecule has 0 radical (unpaired) electrons. The van der Waals surface area contributed by atoms with Crippen molar-refractivity contribution in [2.45, 2.75) is 12.7 Å². The quantitative estimate of drug-likeness (QED) is 0.764. The van der Waals surface area contributed by atoms with Crippen LogP contribution in [-0.2, 0) is 4.74 Å². The summed E-state index contributed by atoms with van der Waals surface area (Å²) in [7, 11) is 0. The van der Waals surface area contributed by atoms with Crippen molar-refractivity contribution < 1.29 is 14.6 Å². The Balaban J connectivity index is 2.01. The molecule has 0 saturated carbocycles. The molecular weight excluding hydrogens is 192 g/mol. The fourth-order valence-electron chi connectivity index (χ4n) is 1.54. The molecule has 1 aliphatic rings. The molecule has 0 spiro atoms. The van der Waals surface area contributed by atoms with Gasteiger partial charge >= 0.3 is 0 Å². The molecule has 1 N–H and O–H groups in total. The third-order valence-electron chi connectivity index (χ3n) is 2.32. The number of benzene rings is 1. The number of rotatable bonds is 4. The molecule has 15 heavy (non-hydrogen) atoms. The van der Waals surface area contributed by atoms with Gasteiger partial charge in [-0.25, -0.2) is 0 Å². The van der Waals surface area contributed by atoms with E-state index in [0.29, 0.717) is 13.0 Å². The largest absolute Gasteiger partial charge is 0.460 e. The third kappa shape index (κ3) is 2.03. The van der Waals surface area contributed by atoms with Gasteiger partial charge in [0.2, 0.25) is 6.29 Å². The van der Waals surface area contributed by atoms with Gasteiger partial charge in [0, 0.05) is 17.7 Å². The van der Waals surface area contributed by atoms with Gasteiger partial charge in [-0.1, -0.05) is 24.8 Å². The first-order valence-electron chi connectivity index (χ1n) is 5.00. The minimum atomic E-state index is -0.394. The molecule has 1 aromatic carbocycles. The number of aliphatic hydroxyl groups excluding tert-OH is 1. The van der Waals surface area contributed by atoms with Crippen molar-refractivity contribution in [3.63, 3.8) is 0 Å². The Hall–Kier alpha value is -1.32. The highest BCUT2D eigenvalue weighted by Gasteiger charge is 2.26. The molecule has 2 rings (SSSR count). The van der Waals surface area contributed by atoms with Gasteiger partial charge < -0.3 is 14.6 Å². The number of para-hydroxylation sites is 1. The van der Waals surface area contributed by atoms with Gasteiger partial charge in [-0.3, -0.25) is 0 Å². The molecule has 1 atom stereocenters.